The van der Waals surface area contributed by atoms with E-state index in [2.05, 4.69) is 55.4 Å². The van der Waals surface area contributed by atoms with Gasteiger partial charge in [-0.05, 0) is 49.4 Å². The van der Waals surface area contributed by atoms with Crippen molar-refractivity contribution in [3.63, 3.8) is 0 Å². The molecule has 0 spiro atoms. The SMILES string of the molecule is CC(C)CCCCCCCCCCCCCCCCCCC(=O)O[C@H](COC(=O)CCCCCCCCCC(C)C)COP(=O)(O)OCC(O)COP(=O)(O)OC[C@@H](COC(=O)CCCCCCCCCCCCCCCCCC(C)C)OC(=O)CCCCCCCCCCCCCC(C)C. The van der Waals surface area contributed by atoms with Crippen LogP contribution in [0.1, 0.15) is 421 Å². The number of unbranched alkanes of at least 4 members (excludes halogenated alkanes) is 45. The molecule has 0 rings (SSSR count). The van der Waals surface area contributed by atoms with Crippen LogP contribution in [0.15, 0.2) is 0 Å². The molecule has 0 aromatic heterocycles. The molecule has 600 valence electrons. The van der Waals surface area contributed by atoms with Crippen molar-refractivity contribution in [2.45, 2.75) is 440 Å². The van der Waals surface area contributed by atoms with E-state index in [1.807, 2.05) is 0 Å². The number of aliphatic hydroxyl groups is 1. The number of hydrogen-bond acceptors (Lipinski definition) is 15. The monoisotopic (exact) mass is 1480 g/mol. The Labute approximate surface area is 619 Å². The predicted molar refractivity (Wildman–Crippen MR) is 414 cm³/mol. The van der Waals surface area contributed by atoms with Gasteiger partial charge in [0, 0.05) is 25.7 Å². The maximum Gasteiger partial charge on any atom is 0.472 e. The summed E-state index contributed by atoms with van der Waals surface area (Å²) in [6.07, 6.45) is 58.4. The number of phosphoric acid groups is 2. The summed E-state index contributed by atoms with van der Waals surface area (Å²) in [7, 11) is -9.92. The number of rotatable bonds is 79. The average molecular weight is 1480 g/mol. The Morgan fingerprint density at radius 2 is 0.416 bits per heavy atom. The summed E-state index contributed by atoms with van der Waals surface area (Å²) in [5.74, 6) is 0.972. The summed E-state index contributed by atoms with van der Waals surface area (Å²) in [6, 6.07) is 0. The van der Waals surface area contributed by atoms with Crippen LogP contribution >= 0.6 is 15.6 Å². The van der Waals surface area contributed by atoms with E-state index >= 15 is 0 Å². The number of carbonyl (C=O) groups is 4. The quantitative estimate of drug-likeness (QED) is 0.0222. The van der Waals surface area contributed by atoms with Crippen LogP contribution in [0.4, 0.5) is 0 Å². The van der Waals surface area contributed by atoms with E-state index in [0.717, 1.165) is 114 Å². The van der Waals surface area contributed by atoms with Gasteiger partial charge in [-0.3, -0.25) is 37.3 Å². The normalized spacial score (nSPS) is 14.0. The van der Waals surface area contributed by atoms with Crippen LogP contribution < -0.4 is 0 Å². The van der Waals surface area contributed by atoms with Crippen molar-refractivity contribution < 1.29 is 80.2 Å². The first-order valence-corrected chi connectivity index (χ1v) is 45.2. The van der Waals surface area contributed by atoms with Crippen LogP contribution in [0, 0.1) is 23.7 Å². The van der Waals surface area contributed by atoms with E-state index in [4.69, 9.17) is 37.0 Å². The Kier molecular flexibility index (Phi) is 69.6. The molecule has 0 aliphatic rings. The van der Waals surface area contributed by atoms with E-state index in [1.165, 1.54) is 218 Å². The molecule has 0 aromatic carbocycles. The largest absolute Gasteiger partial charge is 0.472 e. The van der Waals surface area contributed by atoms with Gasteiger partial charge in [-0.1, -0.05) is 370 Å². The minimum atomic E-state index is -4.96. The average Bonchev–Trinajstić information content (AvgIpc) is 0.931. The number of aliphatic hydroxyl groups excluding tert-OH is 1. The highest BCUT2D eigenvalue weighted by Crippen LogP contribution is 2.45. The van der Waals surface area contributed by atoms with Gasteiger partial charge in [0.25, 0.3) is 0 Å². The van der Waals surface area contributed by atoms with Crippen molar-refractivity contribution in [2.75, 3.05) is 39.6 Å². The van der Waals surface area contributed by atoms with Gasteiger partial charge in [-0.2, -0.15) is 0 Å². The van der Waals surface area contributed by atoms with Gasteiger partial charge in [-0.25, -0.2) is 9.13 Å². The molecule has 0 amide bonds. The van der Waals surface area contributed by atoms with Gasteiger partial charge in [0.2, 0.25) is 0 Å². The third-order valence-electron chi connectivity index (χ3n) is 19.1. The van der Waals surface area contributed by atoms with Crippen molar-refractivity contribution >= 4 is 39.5 Å². The van der Waals surface area contributed by atoms with Gasteiger partial charge >= 0.3 is 39.5 Å². The Bertz CT molecular complexity index is 1970. The summed E-state index contributed by atoms with van der Waals surface area (Å²) in [5, 5.41) is 10.6. The smallest absolute Gasteiger partial charge is 0.462 e. The first-order chi connectivity index (χ1) is 48.6. The highest BCUT2D eigenvalue weighted by Gasteiger charge is 2.30. The first-order valence-electron chi connectivity index (χ1n) is 42.2. The molecule has 19 heteroatoms. The van der Waals surface area contributed by atoms with Gasteiger partial charge in [-0.15, -0.1) is 0 Å². The lowest BCUT2D eigenvalue weighted by molar-refractivity contribution is -0.161. The van der Waals surface area contributed by atoms with E-state index in [-0.39, 0.29) is 25.7 Å². The fourth-order valence-electron chi connectivity index (χ4n) is 12.6. The lowest BCUT2D eigenvalue weighted by atomic mass is 10.0. The number of esters is 4. The summed E-state index contributed by atoms with van der Waals surface area (Å²) >= 11 is 0. The highest BCUT2D eigenvalue weighted by molar-refractivity contribution is 7.47. The number of phosphoric ester groups is 2. The van der Waals surface area contributed by atoms with Crippen molar-refractivity contribution in [2.24, 2.45) is 23.7 Å². The second-order valence-corrected chi connectivity index (χ2v) is 34.3. The van der Waals surface area contributed by atoms with E-state index in [1.54, 1.807) is 0 Å². The fraction of sp³-hybridized carbons (Fsp3) is 0.951. The van der Waals surface area contributed by atoms with Crippen molar-refractivity contribution in [3.8, 4) is 0 Å². The van der Waals surface area contributed by atoms with Crippen LogP contribution in [0.25, 0.3) is 0 Å². The number of carbonyl (C=O) groups excluding carboxylic acids is 4. The van der Waals surface area contributed by atoms with Crippen LogP contribution in [0.5, 0.6) is 0 Å². The van der Waals surface area contributed by atoms with Crippen LogP contribution in [0.3, 0.4) is 0 Å². The molecule has 101 heavy (non-hydrogen) atoms. The molecule has 3 unspecified atom stereocenters. The van der Waals surface area contributed by atoms with Crippen LogP contribution in [-0.2, 0) is 65.4 Å². The molecular formula is C82H160O17P2. The Balaban J connectivity index is 5.22. The molecule has 0 radical (unpaired) electrons. The maximum atomic E-state index is 13.1. The summed E-state index contributed by atoms with van der Waals surface area (Å²) in [5.41, 5.74) is 0. The first kappa shape index (κ1) is 99.1. The molecule has 0 bridgehead atoms. The second-order valence-electron chi connectivity index (χ2n) is 31.4. The predicted octanol–water partition coefficient (Wildman–Crippen LogP) is 24.4. The third-order valence-corrected chi connectivity index (χ3v) is 21.0. The minimum Gasteiger partial charge on any atom is -0.462 e. The maximum absolute atomic E-state index is 13.1. The molecule has 0 heterocycles. The van der Waals surface area contributed by atoms with E-state index in [9.17, 15) is 43.2 Å². The number of hydrogen-bond donors (Lipinski definition) is 3. The second kappa shape index (κ2) is 71.0. The Morgan fingerprint density at radius 1 is 0.248 bits per heavy atom. The van der Waals surface area contributed by atoms with Crippen molar-refractivity contribution in [1.29, 1.82) is 0 Å². The summed E-state index contributed by atoms with van der Waals surface area (Å²) < 4.78 is 68.7. The lowest BCUT2D eigenvalue weighted by Crippen LogP contribution is -2.30. The molecule has 0 saturated carbocycles. The molecule has 5 atom stereocenters. The standard InChI is InChI=1S/C82H160O17P2/c1-72(2)58-50-42-34-27-21-16-12-9-10-14-19-25-31-39-48-56-64-81(86)99-78(69-93-80(85)63-55-47-41-33-37-45-53-61-75(7)8)71-97-101(90,91)95-67-76(83)66-94-100(88,89)96-70-77(98-82(87)65-57-49-40-32-26-20-23-29-36-44-52-60-74(5)6)68-92-79(84)62-54-46-38-30-24-18-15-11-13-17-22-28-35-43-51-59-73(3)4/h72-78,83H,9-71H2,1-8H3,(H,88,89)(H,90,91)/t76?,77-,78-/m1/s1. The Hall–Kier alpha value is -1.94. The Morgan fingerprint density at radius 3 is 0.614 bits per heavy atom. The number of ether oxygens (including phenoxy) is 4. The fourth-order valence-corrected chi connectivity index (χ4v) is 14.2. The summed E-state index contributed by atoms with van der Waals surface area (Å²) in [4.78, 5) is 73.0. The lowest BCUT2D eigenvalue weighted by Gasteiger charge is -2.21. The van der Waals surface area contributed by atoms with Gasteiger partial charge in [0.15, 0.2) is 12.2 Å². The van der Waals surface area contributed by atoms with Gasteiger partial charge in [0.1, 0.15) is 19.3 Å². The zero-order valence-corrected chi connectivity index (χ0v) is 68.3. The van der Waals surface area contributed by atoms with Crippen molar-refractivity contribution in [1.82, 2.24) is 0 Å². The molecule has 0 fully saturated rings. The van der Waals surface area contributed by atoms with Crippen molar-refractivity contribution in [3.05, 3.63) is 0 Å². The van der Waals surface area contributed by atoms with Gasteiger partial charge in [0.05, 0.1) is 26.4 Å². The minimum absolute atomic E-state index is 0.106. The van der Waals surface area contributed by atoms with Gasteiger partial charge < -0.3 is 33.8 Å². The molecule has 0 saturated heterocycles. The van der Waals surface area contributed by atoms with Crippen LogP contribution in [0.2, 0.25) is 0 Å². The third kappa shape index (κ3) is 76.1. The topological polar surface area (TPSA) is 237 Å². The van der Waals surface area contributed by atoms with Crippen LogP contribution in [-0.4, -0.2) is 96.7 Å². The highest BCUT2D eigenvalue weighted by atomic mass is 31.2. The molecule has 17 nitrogen and oxygen atoms in total. The zero-order valence-electron chi connectivity index (χ0n) is 66.5. The molecular weight excluding hydrogens is 1320 g/mol. The van der Waals surface area contributed by atoms with E-state index < -0.39 is 97.5 Å². The molecule has 3 N–H and O–H groups in total. The summed E-state index contributed by atoms with van der Waals surface area (Å²) in [6.45, 7) is 14.3. The molecule has 0 aliphatic carbocycles. The molecule has 0 aliphatic heterocycles. The zero-order chi connectivity index (χ0) is 74.6. The molecule has 0 aromatic rings. The van der Waals surface area contributed by atoms with E-state index in [0.29, 0.717) is 31.6 Å².